The van der Waals surface area contributed by atoms with E-state index in [0.717, 1.165) is 43.3 Å². The number of piperazine rings is 1. The first-order valence-electron chi connectivity index (χ1n) is 9.95. The molecule has 1 aromatic heterocycles. The summed E-state index contributed by atoms with van der Waals surface area (Å²) in [5.74, 6) is 0.0408. The average molecular weight is 404 g/mol. The van der Waals surface area contributed by atoms with Gasteiger partial charge < -0.3 is 4.90 Å². The van der Waals surface area contributed by atoms with E-state index < -0.39 is 0 Å². The van der Waals surface area contributed by atoms with Crippen molar-refractivity contribution in [3.63, 3.8) is 0 Å². The van der Waals surface area contributed by atoms with E-state index in [2.05, 4.69) is 65.4 Å². The highest BCUT2D eigenvalue weighted by Gasteiger charge is 2.23. The molecule has 4 rings (SSSR count). The van der Waals surface area contributed by atoms with Gasteiger partial charge in [0, 0.05) is 43.7 Å². The molecule has 0 bridgehead atoms. The monoisotopic (exact) mass is 403 g/mol. The van der Waals surface area contributed by atoms with Gasteiger partial charge in [0.15, 0.2) is 0 Å². The van der Waals surface area contributed by atoms with Gasteiger partial charge in [-0.25, -0.2) is 4.98 Å². The van der Waals surface area contributed by atoms with E-state index in [1.165, 1.54) is 22.5 Å². The van der Waals surface area contributed by atoms with Gasteiger partial charge >= 0.3 is 0 Å². The number of aromatic nitrogens is 1. The van der Waals surface area contributed by atoms with Gasteiger partial charge in [-0.1, -0.05) is 72.3 Å². The second kappa shape index (κ2) is 9.16. The zero-order valence-electron chi connectivity index (χ0n) is 16.6. The van der Waals surface area contributed by atoms with E-state index in [0.29, 0.717) is 5.69 Å². The van der Waals surface area contributed by atoms with Crippen molar-refractivity contribution in [2.24, 2.45) is 0 Å². The predicted octanol–water partition coefficient (Wildman–Crippen LogP) is 4.59. The molecule has 5 heteroatoms. The van der Waals surface area contributed by atoms with Crippen LogP contribution in [-0.4, -0.2) is 53.4 Å². The lowest BCUT2D eigenvalue weighted by atomic mass is 10.2. The average Bonchev–Trinajstić information content (AvgIpc) is 3.25. The fraction of sp³-hybridized carbons (Fsp3) is 0.250. The van der Waals surface area contributed by atoms with E-state index >= 15 is 0 Å². The summed E-state index contributed by atoms with van der Waals surface area (Å²) in [6, 6.07) is 18.6. The van der Waals surface area contributed by atoms with Gasteiger partial charge in [-0.2, -0.15) is 0 Å². The summed E-state index contributed by atoms with van der Waals surface area (Å²) in [4.78, 5) is 21.7. The highest BCUT2D eigenvalue weighted by atomic mass is 32.1. The van der Waals surface area contributed by atoms with Gasteiger partial charge in [0.25, 0.3) is 5.91 Å². The van der Waals surface area contributed by atoms with Gasteiger partial charge in [0.05, 0.1) is 0 Å². The lowest BCUT2D eigenvalue weighted by molar-refractivity contribution is 0.0645. The molecule has 1 amide bonds. The number of hydrogen-bond acceptors (Lipinski definition) is 4. The molecule has 4 nitrogen and oxygen atoms in total. The molecule has 2 aromatic carbocycles. The van der Waals surface area contributed by atoms with Crippen LogP contribution in [0.3, 0.4) is 0 Å². The molecular formula is C24H25N3OS. The summed E-state index contributed by atoms with van der Waals surface area (Å²) in [6.07, 6.45) is 4.35. The number of amides is 1. The summed E-state index contributed by atoms with van der Waals surface area (Å²) < 4.78 is 0. The molecule has 1 aliphatic rings. The maximum atomic E-state index is 12.8. The van der Waals surface area contributed by atoms with E-state index in [1.807, 2.05) is 28.5 Å². The first-order chi connectivity index (χ1) is 14.2. The molecule has 0 saturated carbocycles. The van der Waals surface area contributed by atoms with Crippen molar-refractivity contribution in [1.29, 1.82) is 0 Å². The molecule has 1 fully saturated rings. The molecular weight excluding hydrogens is 378 g/mol. The Hall–Kier alpha value is -2.76. The second-order valence-electron chi connectivity index (χ2n) is 7.31. The Labute approximate surface area is 176 Å². The van der Waals surface area contributed by atoms with Crippen molar-refractivity contribution in [1.82, 2.24) is 14.8 Å². The summed E-state index contributed by atoms with van der Waals surface area (Å²) >= 11 is 1.53. The number of aryl methyl sites for hydroxylation is 1. The molecule has 29 heavy (non-hydrogen) atoms. The Balaban J connectivity index is 1.30. The van der Waals surface area contributed by atoms with Crippen LogP contribution in [0.5, 0.6) is 0 Å². The lowest BCUT2D eigenvalue weighted by Crippen LogP contribution is -2.48. The summed E-state index contributed by atoms with van der Waals surface area (Å²) in [6.45, 7) is 6.24. The number of carbonyl (C=O) groups excluding carboxylic acids is 1. The Morgan fingerprint density at radius 2 is 1.76 bits per heavy atom. The molecule has 0 N–H and O–H groups in total. The van der Waals surface area contributed by atoms with Crippen molar-refractivity contribution in [3.8, 4) is 10.6 Å². The molecule has 0 atom stereocenters. The molecule has 2 heterocycles. The van der Waals surface area contributed by atoms with Crippen LogP contribution in [0, 0.1) is 6.92 Å². The van der Waals surface area contributed by atoms with E-state index in [-0.39, 0.29) is 5.91 Å². The van der Waals surface area contributed by atoms with E-state index in [9.17, 15) is 4.79 Å². The van der Waals surface area contributed by atoms with Crippen LogP contribution in [0.15, 0.2) is 66.1 Å². The van der Waals surface area contributed by atoms with Crippen LogP contribution in [-0.2, 0) is 0 Å². The van der Waals surface area contributed by atoms with Crippen LogP contribution in [0.1, 0.15) is 21.6 Å². The Bertz CT molecular complexity index is 971. The molecule has 1 saturated heterocycles. The summed E-state index contributed by atoms with van der Waals surface area (Å²) in [7, 11) is 0. The number of nitrogens with zero attached hydrogens (tertiary/aromatic N) is 3. The molecule has 1 aliphatic heterocycles. The van der Waals surface area contributed by atoms with Crippen LogP contribution >= 0.6 is 11.3 Å². The van der Waals surface area contributed by atoms with Crippen LogP contribution in [0.2, 0.25) is 0 Å². The zero-order valence-corrected chi connectivity index (χ0v) is 17.4. The van der Waals surface area contributed by atoms with Crippen molar-refractivity contribution in [2.75, 3.05) is 32.7 Å². The number of carbonyl (C=O) groups is 1. The minimum absolute atomic E-state index is 0.0408. The van der Waals surface area contributed by atoms with Gasteiger partial charge in [-0.05, 0) is 12.5 Å². The van der Waals surface area contributed by atoms with Crippen molar-refractivity contribution in [2.45, 2.75) is 6.92 Å². The third-order valence-corrected chi connectivity index (χ3v) is 6.05. The lowest BCUT2D eigenvalue weighted by Gasteiger charge is -2.33. The summed E-state index contributed by atoms with van der Waals surface area (Å²) in [5.41, 5.74) is 4.06. The number of benzene rings is 2. The zero-order chi connectivity index (χ0) is 20.1. The fourth-order valence-electron chi connectivity index (χ4n) is 3.40. The normalized spacial score (nSPS) is 15.1. The van der Waals surface area contributed by atoms with Gasteiger partial charge in [0.1, 0.15) is 10.7 Å². The molecule has 0 spiro atoms. The van der Waals surface area contributed by atoms with Crippen LogP contribution in [0.25, 0.3) is 16.6 Å². The third kappa shape index (κ3) is 5.00. The maximum absolute atomic E-state index is 12.8. The van der Waals surface area contributed by atoms with Gasteiger partial charge in [0.2, 0.25) is 0 Å². The SMILES string of the molecule is Cc1ccc(-c2nc(C(=O)N3CCN(C/C=C/c4ccccc4)CC3)cs2)cc1. The Kier molecular flexibility index (Phi) is 6.17. The molecule has 0 radical (unpaired) electrons. The van der Waals surface area contributed by atoms with Crippen LogP contribution in [0.4, 0.5) is 0 Å². The van der Waals surface area contributed by atoms with Crippen molar-refractivity contribution in [3.05, 3.63) is 82.9 Å². The quantitative estimate of drug-likeness (QED) is 0.625. The molecule has 0 aliphatic carbocycles. The largest absolute Gasteiger partial charge is 0.335 e. The highest BCUT2D eigenvalue weighted by Crippen LogP contribution is 2.24. The summed E-state index contributed by atoms with van der Waals surface area (Å²) in [5, 5.41) is 2.78. The molecule has 3 aromatic rings. The second-order valence-corrected chi connectivity index (χ2v) is 8.17. The number of thiazole rings is 1. The minimum atomic E-state index is 0.0408. The smallest absolute Gasteiger partial charge is 0.273 e. The first-order valence-corrected chi connectivity index (χ1v) is 10.8. The molecule has 0 unspecified atom stereocenters. The number of hydrogen-bond donors (Lipinski definition) is 0. The van der Waals surface area contributed by atoms with Crippen molar-refractivity contribution >= 4 is 23.3 Å². The topological polar surface area (TPSA) is 36.4 Å². The van der Waals surface area contributed by atoms with Crippen molar-refractivity contribution < 1.29 is 4.79 Å². The Morgan fingerprint density at radius 3 is 2.48 bits per heavy atom. The fourth-order valence-corrected chi connectivity index (χ4v) is 4.20. The number of rotatable bonds is 5. The minimum Gasteiger partial charge on any atom is -0.335 e. The maximum Gasteiger partial charge on any atom is 0.273 e. The van der Waals surface area contributed by atoms with Crippen LogP contribution < -0.4 is 0 Å². The molecule has 148 valence electrons. The van der Waals surface area contributed by atoms with Gasteiger partial charge in [-0.15, -0.1) is 11.3 Å². The van der Waals surface area contributed by atoms with E-state index in [4.69, 9.17) is 0 Å². The predicted molar refractivity (Wildman–Crippen MR) is 120 cm³/mol. The third-order valence-electron chi connectivity index (χ3n) is 5.15. The van der Waals surface area contributed by atoms with Gasteiger partial charge in [-0.3, -0.25) is 9.69 Å². The first kappa shape index (κ1) is 19.6. The Morgan fingerprint density at radius 1 is 1.03 bits per heavy atom. The van der Waals surface area contributed by atoms with E-state index in [1.54, 1.807) is 0 Å². The standard InChI is InChI=1S/C24H25N3OS/c1-19-9-11-21(12-10-19)23-25-22(18-29-23)24(28)27-16-14-26(15-17-27)13-5-8-20-6-3-2-4-7-20/h2-12,18H,13-17H2,1H3/b8-5+. The highest BCUT2D eigenvalue weighted by molar-refractivity contribution is 7.13.